The number of nitrogens with one attached hydrogen (secondary N) is 2. The average molecular weight is 443 g/mol. The Hall–Kier alpha value is -3.78. The Morgan fingerprint density at radius 3 is 2.61 bits per heavy atom. The number of ether oxygens (including phenoxy) is 1. The summed E-state index contributed by atoms with van der Waals surface area (Å²) < 4.78 is 8.04. The molecule has 0 saturated carbocycles. The first kappa shape index (κ1) is 21.1. The fourth-order valence-electron chi connectivity index (χ4n) is 3.98. The van der Waals surface area contributed by atoms with Gasteiger partial charge >= 0.3 is 0 Å². The van der Waals surface area contributed by atoms with Crippen molar-refractivity contribution in [3.63, 3.8) is 0 Å². The molecule has 3 heterocycles. The number of nitrogens with zero attached hydrogens (tertiary/aromatic N) is 4. The van der Waals surface area contributed by atoms with Crippen molar-refractivity contribution in [3.8, 4) is 17.0 Å². The van der Waals surface area contributed by atoms with Crippen LogP contribution in [0.15, 0.2) is 54.9 Å². The second-order valence-corrected chi connectivity index (χ2v) is 8.26. The van der Waals surface area contributed by atoms with Gasteiger partial charge in [0.25, 0.3) is 5.91 Å². The summed E-state index contributed by atoms with van der Waals surface area (Å²) in [6.07, 6.45) is 5.76. The van der Waals surface area contributed by atoms with Crippen molar-refractivity contribution < 1.29 is 9.53 Å². The van der Waals surface area contributed by atoms with E-state index in [1.165, 1.54) is 0 Å². The molecule has 1 aliphatic rings. The molecule has 33 heavy (non-hydrogen) atoms. The number of benzene rings is 2. The van der Waals surface area contributed by atoms with Crippen LogP contribution in [-0.2, 0) is 7.05 Å². The molecule has 1 aliphatic heterocycles. The number of imidazole rings is 1. The molecule has 0 spiro atoms. The number of piperidine rings is 1. The van der Waals surface area contributed by atoms with Crippen LogP contribution in [0.25, 0.3) is 22.2 Å². The number of hydrogen-bond donors (Lipinski definition) is 2. The Labute approximate surface area is 192 Å². The fourth-order valence-corrected chi connectivity index (χ4v) is 3.98. The number of rotatable bonds is 5. The molecule has 8 nitrogen and oxygen atoms in total. The molecule has 2 N–H and O–H groups in total. The van der Waals surface area contributed by atoms with Gasteiger partial charge in [0.05, 0.1) is 17.4 Å². The second kappa shape index (κ2) is 8.99. The molecule has 4 aromatic rings. The summed E-state index contributed by atoms with van der Waals surface area (Å²) in [5.41, 5.74) is 3.29. The minimum absolute atomic E-state index is 0.220. The van der Waals surface area contributed by atoms with E-state index in [2.05, 4.69) is 25.6 Å². The van der Waals surface area contributed by atoms with Gasteiger partial charge in [0, 0.05) is 29.8 Å². The number of anilines is 1. The molecule has 0 unspecified atom stereocenters. The summed E-state index contributed by atoms with van der Waals surface area (Å²) in [7, 11) is 1.98. The normalized spacial score (nSPS) is 14.4. The van der Waals surface area contributed by atoms with E-state index in [9.17, 15) is 4.79 Å². The van der Waals surface area contributed by atoms with Gasteiger partial charge in [-0.1, -0.05) is 12.1 Å². The fraction of sp³-hybridized carbons (Fsp3) is 0.280. The molecule has 1 amide bonds. The maximum Gasteiger partial charge on any atom is 0.258 e. The first-order valence-corrected chi connectivity index (χ1v) is 11.1. The molecule has 0 bridgehead atoms. The zero-order valence-corrected chi connectivity index (χ0v) is 18.7. The third-order valence-corrected chi connectivity index (χ3v) is 6.03. The second-order valence-electron chi connectivity index (χ2n) is 8.26. The Balaban J connectivity index is 1.30. The lowest BCUT2D eigenvalue weighted by molar-refractivity contribution is 0.102. The highest BCUT2D eigenvalue weighted by atomic mass is 16.5. The molecular formula is C25H26N6O2. The van der Waals surface area contributed by atoms with Crippen molar-refractivity contribution in [1.82, 2.24) is 24.8 Å². The maximum absolute atomic E-state index is 12.7. The minimum atomic E-state index is -0.263. The van der Waals surface area contributed by atoms with Crippen molar-refractivity contribution in [2.75, 3.05) is 18.4 Å². The Morgan fingerprint density at radius 1 is 1.09 bits per heavy atom. The lowest BCUT2D eigenvalue weighted by Crippen LogP contribution is -2.34. The van der Waals surface area contributed by atoms with Gasteiger partial charge in [-0.05, 0) is 63.2 Å². The van der Waals surface area contributed by atoms with E-state index in [1.54, 1.807) is 18.3 Å². The summed E-state index contributed by atoms with van der Waals surface area (Å²) in [5, 5.41) is 7.02. The number of carbonyl (C=O) groups is 1. The van der Waals surface area contributed by atoms with Crippen LogP contribution in [0.3, 0.4) is 0 Å². The third kappa shape index (κ3) is 4.56. The molecule has 1 saturated heterocycles. The lowest BCUT2D eigenvalue weighted by Gasteiger charge is -2.23. The number of hydrogen-bond acceptors (Lipinski definition) is 6. The number of aromatic nitrogens is 4. The topological polar surface area (TPSA) is 94.0 Å². The molecule has 2 aromatic heterocycles. The Morgan fingerprint density at radius 2 is 1.88 bits per heavy atom. The predicted molar refractivity (Wildman–Crippen MR) is 127 cm³/mol. The zero-order valence-electron chi connectivity index (χ0n) is 18.7. The Bertz CT molecular complexity index is 1290. The molecule has 5 rings (SSSR count). The van der Waals surface area contributed by atoms with Crippen LogP contribution < -0.4 is 15.4 Å². The molecular weight excluding hydrogens is 416 g/mol. The van der Waals surface area contributed by atoms with E-state index in [0.29, 0.717) is 5.56 Å². The van der Waals surface area contributed by atoms with Crippen LogP contribution in [0.4, 0.5) is 5.95 Å². The first-order chi connectivity index (χ1) is 16.1. The molecule has 0 atom stereocenters. The van der Waals surface area contributed by atoms with Crippen LogP contribution >= 0.6 is 0 Å². The molecule has 2 aromatic carbocycles. The van der Waals surface area contributed by atoms with E-state index >= 15 is 0 Å². The van der Waals surface area contributed by atoms with Gasteiger partial charge in [-0.2, -0.15) is 0 Å². The number of aryl methyl sites for hydroxylation is 1. The summed E-state index contributed by atoms with van der Waals surface area (Å²) in [5.74, 6) is 1.72. The highest BCUT2D eigenvalue weighted by molar-refractivity contribution is 6.03. The highest BCUT2D eigenvalue weighted by Crippen LogP contribution is 2.24. The minimum Gasteiger partial charge on any atom is -0.490 e. The molecule has 0 aliphatic carbocycles. The number of amides is 1. The molecule has 8 heteroatoms. The molecule has 1 fully saturated rings. The van der Waals surface area contributed by atoms with E-state index in [1.807, 2.05) is 55.1 Å². The van der Waals surface area contributed by atoms with E-state index in [-0.39, 0.29) is 18.0 Å². The van der Waals surface area contributed by atoms with E-state index in [4.69, 9.17) is 4.74 Å². The standard InChI is InChI=1S/C25H26N6O2/c1-16-27-15-23(31(16)2)18-3-4-19-14-28-25(29-22(19)13-18)30-24(32)17-5-7-20(8-6-17)33-21-9-11-26-12-10-21/h3-8,13-15,21,26H,9-12H2,1-2H3,(H,28,29,30,32). The van der Waals surface area contributed by atoms with Gasteiger partial charge < -0.3 is 14.6 Å². The van der Waals surface area contributed by atoms with Gasteiger partial charge in [-0.15, -0.1) is 0 Å². The summed E-state index contributed by atoms with van der Waals surface area (Å²) in [6.45, 7) is 3.91. The monoisotopic (exact) mass is 442 g/mol. The third-order valence-electron chi connectivity index (χ3n) is 6.03. The molecule has 0 radical (unpaired) electrons. The van der Waals surface area contributed by atoms with Crippen molar-refractivity contribution in [3.05, 3.63) is 66.2 Å². The average Bonchev–Trinajstić information content (AvgIpc) is 3.18. The summed E-state index contributed by atoms with van der Waals surface area (Å²) in [4.78, 5) is 26.0. The van der Waals surface area contributed by atoms with Crippen molar-refractivity contribution in [2.24, 2.45) is 7.05 Å². The SMILES string of the molecule is Cc1ncc(-c2ccc3cnc(NC(=O)c4ccc(OC5CCNCC5)cc4)nc3c2)n1C. The smallest absolute Gasteiger partial charge is 0.258 e. The number of fused-ring (bicyclic) bond motifs is 1. The van der Waals surface area contributed by atoms with Gasteiger partial charge in [-0.25, -0.2) is 15.0 Å². The van der Waals surface area contributed by atoms with Crippen molar-refractivity contribution >= 4 is 22.8 Å². The molecule has 168 valence electrons. The van der Waals surface area contributed by atoms with E-state index < -0.39 is 0 Å². The maximum atomic E-state index is 12.7. The zero-order chi connectivity index (χ0) is 22.8. The van der Waals surface area contributed by atoms with Crippen molar-refractivity contribution in [1.29, 1.82) is 0 Å². The lowest BCUT2D eigenvalue weighted by atomic mass is 10.1. The quantitative estimate of drug-likeness (QED) is 0.489. The van der Waals surface area contributed by atoms with Crippen LogP contribution in [0, 0.1) is 6.92 Å². The van der Waals surface area contributed by atoms with Gasteiger partial charge in [0.15, 0.2) is 0 Å². The van der Waals surface area contributed by atoms with Crippen LogP contribution in [0.2, 0.25) is 0 Å². The largest absolute Gasteiger partial charge is 0.490 e. The van der Waals surface area contributed by atoms with Crippen LogP contribution in [0.1, 0.15) is 29.0 Å². The summed E-state index contributed by atoms with van der Waals surface area (Å²) in [6, 6.07) is 13.2. The number of carbonyl (C=O) groups excluding carboxylic acids is 1. The van der Waals surface area contributed by atoms with Crippen molar-refractivity contribution in [2.45, 2.75) is 25.9 Å². The van der Waals surface area contributed by atoms with Crippen LogP contribution in [-0.4, -0.2) is 44.6 Å². The predicted octanol–water partition coefficient (Wildman–Crippen LogP) is 3.72. The van der Waals surface area contributed by atoms with Gasteiger partial charge in [0.2, 0.25) is 5.95 Å². The van der Waals surface area contributed by atoms with Crippen LogP contribution in [0.5, 0.6) is 5.75 Å². The summed E-state index contributed by atoms with van der Waals surface area (Å²) >= 11 is 0. The van der Waals surface area contributed by atoms with Gasteiger partial charge in [-0.3, -0.25) is 10.1 Å². The Kier molecular flexibility index (Phi) is 5.75. The van der Waals surface area contributed by atoms with Gasteiger partial charge in [0.1, 0.15) is 17.7 Å². The van der Waals surface area contributed by atoms with E-state index in [0.717, 1.165) is 59.7 Å². The highest BCUT2D eigenvalue weighted by Gasteiger charge is 2.15. The first-order valence-electron chi connectivity index (χ1n) is 11.1.